The molecule has 1 saturated carbocycles. The van der Waals surface area contributed by atoms with Gasteiger partial charge < -0.3 is 0 Å². The molecule has 2 aliphatic heterocycles. The van der Waals surface area contributed by atoms with Crippen LogP contribution in [0.25, 0.3) is 0 Å². The first-order valence-corrected chi connectivity index (χ1v) is 6.32. The lowest BCUT2D eigenvalue weighted by Crippen LogP contribution is -2.62. The second-order valence-electron chi connectivity index (χ2n) is 5.40. The average molecular weight is 222 g/mol. The number of piperidine rings is 1. The number of hydrogen-bond donors (Lipinski definition) is 1. The van der Waals surface area contributed by atoms with Gasteiger partial charge in [-0.15, -0.1) is 0 Å². The van der Waals surface area contributed by atoms with Crippen molar-refractivity contribution in [3.05, 3.63) is 0 Å². The molecule has 1 N–H and O–H groups in total. The first-order chi connectivity index (χ1) is 7.74. The van der Waals surface area contributed by atoms with Gasteiger partial charge in [-0.25, -0.2) is 0 Å². The van der Waals surface area contributed by atoms with Gasteiger partial charge >= 0.3 is 0 Å². The van der Waals surface area contributed by atoms with Gasteiger partial charge in [-0.1, -0.05) is 19.3 Å². The van der Waals surface area contributed by atoms with Crippen molar-refractivity contribution in [1.29, 1.82) is 0 Å². The monoisotopic (exact) mass is 222 g/mol. The molecule has 16 heavy (non-hydrogen) atoms. The Morgan fingerprint density at radius 2 is 1.88 bits per heavy atom. The minimum atomic E-state index is -0.129. The Morgan fingerprint density at radius 3 is 2.69 bits per heavy atom. The molecule has 0 aromatic carbocycles. The third-order valence-corrected chi connectivity index (χ3v) is 4.41. The second-order valence-corrected chi connectivity index (χ2v) is 5.40. The molecule has 4 heteroatoms. The van der Waals surface area contributed by atoms with E-state index in [1.54, 1.807) is 0 Å². The molecule has 0 spiro atoms. The van der Waals surface area contributed by atoms with Crippen LogP contribution in [-0.2, 0) is 9.59 Å². The van der Waals surface area contributed by atoms with Crippen molar-refractivity contribution in [3.63, 3.8) is 0 Å². The molecule has 0 bridgehead atoms. The van der Waals surface area contributed by atoms with Crippen molar-refractivity contribution >= 4 is 11.8 Å². The second kappa shape index (κ2) is 3.84. The molecule has 2 amide bonds. The van der Waals surface area contributed by atoms with Gasteiger partial charge in [0, 0.05) is 6.54 Å². The third kappa shape index (κ3) is 1.65. The summed E-state index contributed by atoms with van der Waals surface area (Å²) in [6, 6.07) is -0.0305. The molecular formula is C12H18N2O2. The van der Waals surface area contributed by atoms with Crippen molar-refractivity contribution < 1.29 is 9.59 Å². The number of hydrogen-bond acceptors (Lipinski definition) is 3. The van der Waals surface area contributed by atoms with Crippen LogP contribution in [0.5, 0.6) is 0 Å². The predicted molar refractivity (Wildman–Crippen MR) is 58.6 cm³/mol. The number of carbonyl (C=O) groups excluding carboxylic acids is 2. The SMILES string of the molecule is O=C1CN2CC3CCCCC3CC2C(=O)N1. The summed E-state index contributed by atoms with van der Waals surface area (Å²) in [5.41, 5.74) is 0. The fraction of sp³-hybridized carbons (Fsp3) is 0.833. The summed E-state index contributed by atoms with van der Waals surface area (Å²) in [6.07, 6.45) is 6.15. The van der Waals surface area contributed by atoms with E-state index in [-0.39, 0.29) is 17.9 Å². The van der Waals surface area contributed by atoms with Gasteiger partial charge in [-0.2, -0.15) is 0 Å². The molecule has 3 aliphatic rings. The summed E-state index contributed by atoms with van der Waals surface area (Å²) in [4.78, 5) is 25.1. The van der Waals surface area contributed by atoms with E-state index in [1.807, 2.05) is 0 Å². The van der Waals surface area contributed by atoms with Crippen LogP contribution >= 0.6 is 0 Å². The zero-order valence-electron chi connectivity index (χ0n) is 9.45. The van der Waals surface area contributed by atoms with Crippen LogP contribution in [0.4, 0.5) is 0 Å². The number of imide groups is 1. The molecular weight excluding hydrogens is 204 g/mol. The number of piperazine rings is 1. The number of amides is 2. The highest BCUT2D eigenvalue weighted by molar-refractivity contribution is 6.01. The van der Waals surface area contributed by atoms with E-state index in [4.69, 9.17) is 0 Å². The van der Waals surface area contributed by atoms with Crippen LogP contribution in [0, 0.1) is 11.8 Å². The summed E-state index contributed by atoms with van der Waals surface area (Å²) in [7, 11) is 0. The maximum atomic E-state index is 11.7. The Labute approximate surface area is 95.4 Å². The Kier molecular flexibility index (Phi) is 2.46. The molecule has 3 unspecified atom stereocenters. The molecule has 2 heterocycles. The van der Waals surface area contributed by atoms with Gasteiger partial charge in [0.25, 0.3) is 0 Å². The van der Waals surface area contributed by atoms with Crippen molar-refractivity contribution in [3.8, 4) is 0 Å². The Morgan fingerprint density at radius 1 is 1.12 bits per heavy atom. The summed E-state index contributed by atoms with van der Waals surface area (Å²) in [6.45, 7) is 1.37. The van der Waals surface area contributed by atoms with Crippen LogP contribution in [0.15, 0.2) is 0 Å². The number of carbonyl (C=O) groups is 2. The minimum absolute atomic E-state index is 0.0305. The maximum absolute atomic E-state index is 11.7. The van der Waals surface area contributed by atoms with Gasteiger partial charge in [-0.05, 0) is 24.7 Å². The molecule has 0 aromatic heterocycles. The molecule has 3 atom stereocenters. The van der Waals surface area contributed by atoms with Crippen LogP contribution < -0.4 is 5.32 Å². The maximum Gasteiger partial charge on any atom is 0.243 e. The normalized spacial score (nSPS) is 39.9. The standard InChI is InChI=1S/C12H18N2O2/c15-11-7-14-6-9-4-2-1-3-8(9)5-10(14)12(16)13-11/h8-10H,1-7H2,(H,13,15,16). The van der Waals surface area contributed by atoms with Gasteiger partial charge in [0.2, 0.25) is 11.8 Å². The van der Waals surface area contributed by atoms with E-state index in [2.05, 4.69) is 10.2 Å². The highest BCUT2D eigenvalue weighted by Gasteiger charge is 2.42. The van der Waals surface area contributed by atoms with Gasteiger partial charge in [0.1, 0.15) is 0 Å². The summed E-state index contributed by atoms with van der Waals surface area (Å²) >= 11 is 0. The van der Waals surface area contributed by atoms with Gasteiger partial charge in [0.05, 0.1) is 12.6 Å². The van der Waals surface area contributed by atoms with E-state index in [9.17, 15) is 9.59 Å². The zero-order chi connectivity index (χ0) is 11.1. The minimum Gasteiger partial charge on any atom is -0.294 e. The van der Waals surface area contributed by atoms with Crippen LogP contribution in [-0.4, -0.2) is 35.8 Å². The Bertz CT molecular complexity index is 329. The van der Waals surface area contributed by atoms with Crippen LogP contribution in [0.3, 0.4) is 0 Å². The van der Waals surface area contributed by atoms with Crippen molar-refractivity contribution in [2.45, 2.75) is 38.1 Å². The molecule has 88 valence electrons. The number of rotatable bonds is 0. The predicted octanol–water partition coefficient (Wildman–Crippen LogP) is 0.524. The average Bonchev–Trinajstić information content (AvgIpc) is 2.27. The number of nitrogens with zero attached hydrogens (tertiary/aromatic N) is 1. The fourth-order valence-corrected chi connectivity index (χ4v) is 3.59. The quantitative estimate of drug-likeness (QED) is 0.608. The molecule has 0 aromatic rings. The van der Waals surface area contributed by atoms with Gasteiger partial charge in [0.15, 0.2) is 0 Å². The highest BCUT2D eigenvalue weighted by atomic mass is 16.2. The first kappa shape index (κ1) is 10.3. The summed E-state index contributed by atoms with van der Waals surface area (Å²) in [5.74, 6) is 1.24. The molecule has 3 rings (SSSR count). The van der Waals surface area contributed by atoms with E-state index in [1.165, 1.54) is 25.7 Å². The third-order valence-electron chi connectivity index (χ3n) is 4.41. The topological polar surface area (TPSA) is 49.4 Å². The highest BCUT2D eigenvalue weighted by Crippen LogP contribution is 2.38. The van der Waals surface area contributed by atoms with Crippen LogP contribution in [0.2, 0.25) is 0 Å². The lowest BCUT2D eigenvalue weighted by molar-refractivity contribution is -0.144. The summed E-state index contributed by atoms with van der Waals surface area (Å²) in [5, 5.41) is 2.45. The largest absolute Gasteiger partial charge is 0.294 e. The lowest BCUT2D eigenvalue weighted by atomic mass is 9.72. The van der Waals surface area contributed by atoms with E-state index >= 15 is 0 Å². The number of nitrogens with one attached hydrogen (secondary N) is 1. The van der Waals surface area contributed by atoms with Crippen molar-refractivity contribution in [1.82, 2.24) is 10.2 Å². The fourth-order valence-electron chi connectivity index (χ4n) is 3.59. The van der Waals surface area contributed by atoms with Gasteiger partial charge in [-0.3, -0.25) is 19.8 Å². The van der Waals surface area contributed by atoms with E-state index < -0.39 is 0 Å². The van der Waals surface area contributed by atoms with Crippen molar-refractivity contribution in [2.24, 2.45) is 11.8 Å². The summed E-state index contributed by atoms with van der Waals surface area (Å²) < 4.78 is 0. The van der Waals surface area contributed by atoms with E-state index in [0.29, 0.717) is 12.5 Å². The molecule has 3 fully saturated rings. The Balaban J connectivity index is 1.77. The molecule has 1 aliphatic carbocycles. The number of fused-ring (bicyclic) bond motifs is 2. The molecule has 4 nitrogen and oxygen atoms in total. The first-order valence-electron chi connectivity index (χ1n) is 6.32. The van der Waals surface area contributed by atoms with Crippen molar-refractivity contribution in [2.75, 3.05) is 13.1 Å². The molecule has 0 radical (unpaired) electrons. The van der Waals surface area contributed by atoms with Crippen LogP contribution in [0.1, 0.15) is 32.1 Å². The smallest absolute Gasteiger partial charge is 0.243 e. The Hall–Kier alpha value is -0.900. The molecule has 2 saturated heterocycles. The zero-order valence-corrected chi connectivity index (χ0v) is 9.45. The lowest BCUT2D eigenvalue weighted by Gasteiger charge is -2.46. The van der Waals surface area contributed by atoms with E-state index in [0.717, 1.165) is 18.9 Å².